The van der Waals surface area contributed by atoms with Crippen molar-refractivity contribution in [2.24, 2.45) is 5.92 Å². The number of aliphatic carboxylic acids is 1. The van der Waals surface area contributed by atoms with E-state index in [1.807, 2.05) is 24.3 Å². The second-order valence-corrected chi connectivity index (χ2v) is 5.12. The third-order valence-corrected chi connectivity index (χ3v) is 3.47. The number of carboxylic acids is 1. The van der Waals surface area contributed by atoms with Gasteiger partial charge in [0.15, 0.2) is 0 Å². The molecule has 0 aromatic heterocycles. The van der Waals surface area contributed by atoms with E-state index in [9.17, 15) is 4.79 Å². The predicted octanol–water partition coefficient (Wildman–Crippen LogP) is 3.27. The lowest BCUT2D eigenvalue weighted by atomic mass is 10.0. The Hall–Kier alpha value is -1.51. The van der Waals surface area contributed by atoms with E-state index >= 15 is 0 Å². The molecule has 18 heavy (non-hydrogen) atoms. The van der Waals surface area contributed by atoms with E-state index in [1.54, 1.807) is 6.92 Å². The van der Waals surface area contributed by atoms with Crippen molar-refractivity contribution in [3.8, 4) is 5.75 Å². The molecule has 0 radical (unpaired) electrons. The van der Waals surface area contributed by atoms with Crippen LogP contribution in [0.25, 0.3) is 0 Å². The fraction of sp³-hybridized carbons (Fsp3) is 0.533. The molecule has 2 rings (SSSR count). The van der Waals surface area contributed by atoms with Gasteiger partial charge in [0.05, 0.1) is 12.0 Å². The van der Waals surface area contributed by atoms with Crippen molar-refractivity contribution in [2.75, 3.05) is 0 Å². The molecule has 1 aliphatic rings. The van der Waals surface area contributed by atoms with E-state index in [2.05, 4.69) is 0 Å². The van der Waals surface area contributed by atoms with E-state index in [0.29, 0.717) is 12.5 Å². The van der Waals surface area contributed by atoms with Crippen LogP contribution in [0.5, 0.6) is 5.75 Å². The Morgan fingerprint density at radius 3 is 2.83 bits per heavy atom. The van der Waals surface area contributed by atoms with Gasteiger partial charge in [-0.3, -0.25) is 4.79 Å². The zero-order chi connectivity index (χ0) is 13.0. The molecular weight excluding hydrogens is 228 g/mol. The Morgan fingerprint density at radius 1 is 1.44 bits per heavy atom. The lowest BCUT2D eigenvalue weighted by Crippen LogP contribution is -2.13. The third kappa shape index (κ3) is 3.49. The summed E-state index contributed by atoms with van der Waals surface area (Å²) < 4.78 is 5.91. The second-order valence-electron chi connectivity index (χ2n) is 5.12. The van der Waals surface area contributed by atoms with Gasteiger partial charge in [-0.05, 0) is 49.8 Å². The first-order chi connectivity index (χ1) is 8.65. The van der Waals surface area contributed by atoms with Gasteiger partial charge in [-0.25, -0.2) is 0 Å². The van der Waals surface area contributed by atoms with Crippen molar-refractivity contribution in [2.45, 2.75) is 45.1 Å². The quantitative estimate of drug-likeness (QED) is 0.869. The second kappa shape index (κ2) is 5.89. The molecule has 0 saturated heterocycles. The number of rotatable bonds is 5. The zero-order valence-corrected chi connectivity index (χ0v) is 10.8. The summed E-state index contributed by atoms with van der Waals surface area (Å²) in [6.07, 6.45) is 5.67. The van der Waals surface area contributed by atoms with Crippen LogP contribution >= 0.6 is 0 Å². The molecule has 0 spiro atoms. The average molecular weight is 248 g/mol. The summed E-state index contributed by atoms with van der Waals surface area (Å²) in [5, 5.41) is 8.91. The van der Waals surface area contributed by atoms with Crippen LogP contribution in [0.3, 0.4) is 0 Å². The van der Waals surface area contributed by atoms with E-state index in [4.69, 9.17) is 9.84 Å². The van der Waals surface area contributed by atoms with Gasteiger partial charge < -0.3 is 9.84 Å². The van der Waals surface area contributed by atoms with Crippen LogP contribution in [0.15, 0.2) is 24.3 Å². The monoisotopic (exact) mass is 248 g/mol. The lowest BCUT2D eigenvalue weighted by molar-refractivity contribution is -0.141. The Balaban J connectivity index is 1.98. The molecule has 1 aliphatic carbocycles. The molecule has 0 heterocycles. The van der Waals surface area contributed by atoms with Crippen molar-refractivity contribution in [1.29, 1.82) is 0 Å². The van der Waals surface area contributed by atoms with E-state index in [-0.39, 0.29) is 5.92 Å². The first-order valence-corrected chi connectivity index (χ1v) is 6.63. The highest BCUT2D eigenvalue weighted by Crippen LogP contribution is 2.25. The highest BCUT2D eigenvalue weighted by Gasteiger charge is 2.17. The molecular formula is C15H20O3. The highest BCUT2D eigenvalue weighted by molar-refractivity contribution is 5.69. The van der Waals surface area contributed by atoms with Crippen LogP contribution < -0.4 is 4.74 Å². The minimum Gasteiger partial charge on any atom is -0.490 e. The molecule has 0 aliphatic heterocycles. The molecule has 1 atom stereocenters. The van der Waals surface area contributed by atoms with Crippen molar-refractivity contribution in [3.05, 3.63) is 29.8 Å². The maximum Gasteiger partial charge on any atom is 0.306 e. The fourth-order valence-electron chi connectivity index (χ4n) is 2.39. The maximum absolute atomic E-state index is 10.8. The van der Waals surface area contributed by atoms with Gasteiger partial charge in [0.2, 0.25) is 0 Å². The SMILES string of the molecule is CC(Cc1cccc(OC2CCCC2)c1)C(=O)O. The molecule has 1 aromatic rings. The Morgan fingerprint density at radius 2 is 2.17 bits per heavy atom. The summed E-state index contributed by atoms with van der Waals surface area (Å²) in [5.74, 6) is -0.235. The van der Waals surface area contributed by atoms with Gasteiger partial charge >= 0.3 is 5.97 Å². The van der Waals surface area contributed by atoms with Gasteiger partial charge in [-0.2, -0.15) is 0 Å². The average Bonchev–Trinajstić information content (AvgIpc) is 2.82. The molecule has 3 heteroatoms. The molecule has 3 nitrogen and oxygen atoms in total. The molecule has 1 fully saturated rings. The number of hydrogen-bond donors (Lipinski definition) is 1. The molecule has 98 valence electrons. The third-order valence-electron chi connectivity index (χ3n) is 3.47. The van der Waals surface area contributed by atoms with Crippen LogP contribution in [-0.4, -0.2) is 17.2 Å². The first kappa shape index (κ1) is 12.9. The van der Waals surface area contributed by atoms with Crippen molar-refractivity contribution >= 4 is 5.97 Å². The van der Waals surface area contributed by atoms with Crippen LogP contribution in [0.1, 0.15) is 38.2 Å². The van der Waals surface area contributed by atoms with Gasteiger partial charge in [0.1, 0.15) is 5.75 Å². The van der Waals surface area contributed by atoms with Gasteiger partial charge in [0, 0.05) is 0 Å². The molecule has 0 bridgehead atoms. The first-order valence-electron chi connectivity index (χ1n) is 6.63. The van der Waals surface area contributed by atoms with Crippen LogP contribution in [0.4, 0.5) is 0 Å². The lowest BCUT2D eigenvalue weighted by Gasteiger charge is -2.14. The molecule has 1 saturated carbocycles. The van der Waals surface area contributed by atoms with Gasteiger partial charge in [0.25, 0.3) is 0 Å². The largest absolute Gasteiger partial charge is 0.490 e. The summed E-state index contributed by atoms with van der Waals surface area (Å²) in [7, 11) is 0. The molecule has 1 unspecified atom stereocenters. The minimum absolute atomic E-state index is 0.345. The standard InChI is InChI=1S/C15H20O3/c1-11(15(16)17)9-12-5-4-8-14(10-12)18-13-6-2-3-7-13/h4-5,8,10-11,13H,2-3,6-7,9H2,1H3,(H,16,17). The number of carbonyl (C=O) groups is 1. The number of ether oxygens (including phenoxy) is 1. The van der Waals surface area contributed by atoms with E-state index < -0.39 is 5.97 Å². The number of hydrogen-bond acceptors (Lipinski definition) is 2. The molecule has 1 N–H and O–H groups in total. The van der Waals surface area contributed by atoms with Crippen LogP contribution in [0.2, 0.25) is 0 Å². The summed E-state index contributed by atoms with van der Waals surface area (Å²) in [5.41, 5.74) is 1.03. The van der Waals surface area contributed by atoms with Crippen LogP contribution in [0, 0.1) is 5.92 Å². The van der Waals surface area contributed by atoms with Gasteiger partial charge in [-0.1, -0.05) is 19.1 Å². The van der Waals surface area contributed by atoms with Gasteiger partial charge in [-0.15, -0.1) is 0 Å². The smallest absolute Gasteiger partial charge is 0.306 e. The van der Waals surface area contributed by atoms with E-state index in [0.717, 1.165) is 24.2 Å². The van der Waals surface area contributed by atoms with Crippen LogP contribution in [-0.2, 0) is 11.2 Å². The zero-order valence-electron chi connectivity index (χ0n) is 10.8. The van der Waals surface area contributed by atoms with Crippen molar-refractivity contribution in [1.82, 2.24) is 0 Å². The predicted molar refractivity (Wildman–Crippen MR) is 69.8 cm³/mol. The summed E-state index contributed by atoms with van der Waals surface area (Å²) >= 11 is 0. The summed E-state index contributed by atoms with van der Waals surface area (Å²) in [6.45, 7) is 1.73. The normalized spacial score (nSPS) is 17.6. The minimum atomic E-state index is -0.753. The van der Waals surface area contributed by atoms with E-state index in [1.165, 1.54) is 12.8 Å². The molecule has 1 aromatic carbocycles. The summed E-state index contributed by atoms with van der Waals surface area (Å²) in [4.78, 5) is 10.8. The summed E-state index contributed by atoms with van der Waals surface area (Å²) in [6, 6.07) is 7.82. The van der Waals surface area contributed by atoms with Crippen molar-refractivity contribution < 1.29 is 14.6 Å². The fourth-order valence-corrected chi connectivity index (χ4v) is 2.39. The number of carboxylic acid groups (broad SMARTS) is 1. The highest BCUT2D eigenvalue weighted by atomic mass is 16.5. The van der Waals surface area contributed by atoms with Crippen molar-refractivity contribution in [3.63, 3.8) is 0 Å². The number of benzene rings is 1. The molecule has 0 amide bonds. The maximum atomic E-state index is 10.8. The Kier molecular flexibility index (Phi) is 4.24. The Bertz CT molecular complexity index is 408. The Labute approximate surface area is 108 Å². The topological polar surface area (TPSA) is 46.5 Å².